The maximum absolute atomic E-state index is 5.19. The molecule has 0 amide bonds. The molecule has 1 aromatic rings. The Hall–Kier alpha value is -1.04. The first-order valence-corrected chi connectivity index (χ1v) is 7.20. The van der Waals surface area contributed by atoms with Crippen LogP contribution < -0.4 is 14.4 Å². The van der Waals surface area contributed by atoms with Crippen LogP contribution in [0.3, 0.4) is 0 Å². The van der Waals surface area contributed by atoms with Gasteiger partial charge in [0.05, 0.1) is 20.3 Å². The molecule has 5 nitrogen and oxygen atoms in total. The third-order valence-electron chi connectivity index (χ3n) is 3.15. The summed E-state index contributed by atoms with van der Waals surface area (Å²) < 4.78 is 10.4. The molecule has 1 aliphatic heterocycles. The highest BCUT2D eigenvalue weighted by Gasteiger charge is 2.24. The number of halogens is 1. The van der Waals surface area contributed by atoms with Crippen LogP contribution in [0.2, 0.25) is 0 Å². The van der Waals surface area contributed by atoms with Gasteiger partial charge < -0.3 is 14.4 Å². The minimum absolute atomic E-state index is 0.440. The van der Waals surface area contributed by atoms with E-state index in [0.717, 1.165) is 18.3 Å². The molecule has 0 spiro atoms. The van der Waals surface area contributed by atoms with Crippen LogP contribution in [0.25, 0.3) is 0 Å². The Balaban J connectivity index is 2.29. The molecule has 1 fully saturated rings. The quantitative estimate of drug-likeness (QED) is 0.797. The van der Waals surface area contributed by atoms with E-state index in [1.165, 1.54) is 12.8 Å². The standard InChI is InChI=1S/C12H18BrN3O2/c1-17-10-7-11(18-2)15-12(14-10)16-6-4-3-5-9(16)8-13/h7,9H,3-6,8H2,1-2H3. The van der Waals surface area contributed by atoms with E-state index in [1.807, 2.05) is 0 Å². The summed E-state index contributed by atoms with van der Waals surface area (Å²) in [6.07, 6.45) is 3.59. The molecule has 18 heavy (non-hydrogen) atoms. The predicted molar refractivity (Wildman–Crippen MR) is 73.9 cm³/mol. The third-order valence-corrected chi connectivity index (χ3v) is 3.90. The Morgan fingerprint density at radius 2 is 1.94 bits per heavy atom. The Morgan fingerprint density at radius 3 is 2.50 bits per heavy atom. The summed E-state index contributed by atoms with van der Waals surface area (Å²) >= 11 is 3.56. The van der Waals surface area contributed by atoms with E-state index < -0.39 is 0 Å². The van der Waals surface area contributed by atoms with Gasteiger partial charge >= 0.3 is 0 Å². The summed E-state index contributed by atoms with van der Waals surface area (Å²) in [4.78, 5) is 11.1. The number of ether oxygens (including phenoxy) is 2. The van der Waals surface area contributed by atoms with Crippen LogP contribution in [0, 0.1) is 0 Å². The molecular weight excluding hydrogens is 298 g/mol. The monoisotopic (exact) mass is 315 g/mol. The van der Waals surface area contributed by atoms with Crippen LogP contribution in [0.15, 0.2) is 6.07 Å². The fourth-order valence-corrected chi connectivity index (χ4v) is 2.83. The molecule has 1 unspecified atom stereocenters. The van der Waals surface area contributed by atoms with E-state index in [9.17, 15) is 0 Å². The molecule has 1 aromatic heterocycles. The molecule has 6 heteroatoms. The van der Waals surface area contributed by atoms with Crippen molar-refractivity contribution in [2.45, 2.75) is 25.3 Å². The maximum atomic E-state index is 5.19. The Kier molecular flexibility index (Phi) is 4.63. The molecule has 2 rings (SSSR count). The van der Waals surface area contributed by atoms with Crippen molar-refractivity contribution in [3.05, 3.63) is 6.07 Å². The van der Waals surface area contributed by atoms with E-state index in [0.29, 0.717) is 23.8 Å². The molecule has 100 valence electrons. The minimum atomic E-state index is 0.440. The first-order valence-electron chi connectivity index (χ1n) is 6.08. The largest absolute Gasteiger partial charge is 0.481 e. The average Bonchev–Trinajstić information content (AvgIpc) is 2.46. The van der Waals surface area contributed by atoms with Crippen LogP contribution in [-0.4, -0.2) is 42.1 Å². The molecule has 0 aromatic carbocycles. The van der Waals surface area contributed by atoms with Gasteiger partial charge in [-0.1, -0.05) is 15.9 Å². The molecule has 0 bridgehead atoms. The molecule has 0 saturated carbocycles. The van der Waals surface area contributed by atoms with Gasteiger partial charge in [-0.2, -0.15) is 9.97 Å². The van der Waals surface area contributed by atoms with E-state index in [-0.39, 0.29) is 0 Å². The summed E-state index contributed by atoms with van der Waals surface area (Å²) in [6, 6.07) is 2.13. The van der Waals surface area contributed by atoms with Crippen LogP contribution in [0.5, 0.6) is 11.8 Å². The van der Waals surface area contributed by atoms with E-state index in [2.05, 4.69) is 30.8 Å². The molecule has 2 heterocycles. The fourth-order valence-electron chi connectivity index (χ4n) is 2.15. The van der Waals surface area contributed by atoms with Gasteiger partial charge in [0.15, 0.2) is 0 Å². The smallest absolute Gasteiger partial charge is 0.232 e. The lowest BCUT2D eigenvalue weighted by Gasteiger charge is -2.34. The second-order valence-electron chi connectivity index (χ2n) is 4.25. The molecule has 0 N–H and O–H groups in total. The number of anilines is 1. The van der Waals surface area contributed by atoms with Crippen molar-refractivity contribution in [3.63, 3.8) is 0 Å². The highest BCUT2D eigenvalue weighted by atomic mass is 79.9. The number of hydrogen-bond donors (Lipinski definition) is 0. The summed E-state index contributed by atoms with van der Waals surface area (Å²) in [5.74, 6) is 1.77. The van der Waals surface area contributed by atoms with Crippen LogP contribution in [-0.2, 0) is 0 Å². The summed E-state index contributed by atoms with van der Waals surface area (Å²) in [6.45, 7) is 0.979. The van der Waals surface area contributed by atoms with E-state index >= 15 is 0 Å². The highest BCUT2D eigenvalue weighted by Crippen LogP contribution is 2.26. The van der Waals surface area contributed by atoms with Gasteiger partial charge in [0, 0.05) is 17.9 Å². The second kappa shape index (κ2) is 6.22. The number of nitrogens with zero attached hydrogens (tertiary/aromatic N) is 3. The summed E-state index contributed by atoms with van der Waals surface area (Å²) in [5.41, 5.74) is 0. The molecule has 1 saturated heterocycles. The van der Waals surface area contributed by atoms with Gasteiger partial charge in [-0.05, 0) is 19.3 Å². The first kappa shape index (κ1) is 13.4. The zero-order valence-corrected chi connectivity index (χ0v) is 12.3. The SMILES string of the molecule is COc1cc(OC)nc(N2CCCCC2CBr)n1. The Bertz CT molecular complexity index is 381. The van der Waals surface area contributed by atoms with Gasteiger partial charge in [0.2, 0.25) is 17.7 Å². The van der Waals surface area contributed by atoms with Gasteiger partial charge in [0.1, 0.15) is 0 Å². The summed E-state index contributed by atoms with van der Waals surface area (Å²) in [5, 5.41) is 0.926. The lowest BCUT2D eigenvalue weighted by atomic mass is 10.0. The van der Waals surface area contributed by atoms with Crippen molar-refractivity contribution in [2.75, 3.05) is 31.0 Å². The number of methoxy groups -OCH3 is 2. The van der Waals surface area contributed by atoms with Gasteiger partial charge in [0.25, 0.3) is 0 Å². The molecule has 1 atom stereocenters. The van der Waals surface area contributed by atoms with Crippen molar-refractivity contribution in [2.24, 2.45) is 0 Å². The lowest BCUT2D eigenvalue weighted by molar-refractivity contribution is 0.369. The van der Waals surface area contributed by atoms with Gasteiger partial charge in [-0.3, -0.25) is 0 Å². The van der Waals surface area contributed by atoms with Gasteiger partial charge in [-0.25, -0.2) is 0 Å². The van der Waals surface area contributed by atoms with Crippen LogP contribution in [0.4, 0.5) is 5.95 Å². The number of aromatic nitrogens is 2. The number of alkyl halides is 1. The predicted octanol–water partition coefficient (Wildman–Crippen LogP) is 2.25. The van der Waals surface area contributed by atoms with Crippen molar-refractivity contribution >= 4 is 21.9 Å². The van der Waals surface area contributed by atoms with Crippen molar-refractivity contribution < 1.29 is 9.47 Å². The molecular formula is C12H18BrN3O2. The minimum Gasteiger partial charge on any atom is -0.481 e. The highest BCUT2D eigenvalue weighted by molar-refractivity contribution is 9.09. The topological polar surface area (TPSA) is 47.5 Å². The zero-order valence-electron chi connectivity index (χ0n) is 10.7. The number of piperidine rings is 1. The Labute approximate surface area is 116 Å². The van der Waals surface area contributed by atoms with Crippen LogP contribution >= 0.6 is 15.9 Å². The zero-order chi connectivity index (χ0) is 13.0. The van der Waals surface area contributed by atoms with Crippen molar-refractivity contribution in [3.8, 4) is 11.8 Å². The maximum Gasteiger partial charge on any atom is 0.232 e. The lowest BCUT2D eigenvalue weighted by Crippen LogP contribution is -2.41. The summed E-state index contributed by atoms with van der Waals surface area (Å²) in [7, 11) is 3.20. The first-order chi connectivity index (χ1) is 8.78. The molecule has 0 aliphatic carbocycles. The Morgan fingerprint density at radius 1 is 1.28 bits per heavy atom. The van der Waals surface area contributed by atoms with Crippen molar-refractivity contribution in [1.82, 2.24) is 9.97 Å². The van der Waals surface area contributed by atoms with E-state index in [4.69, 9.17) is 9.47 Å². The number of rotatable bonds is 4. The molecule has 1 aliphatic rings. The van der Waals surface area contributed by atoms with E-state index in [1.54, 1.807) is 20.3 Å². The average molecular weight is 316 g/mol. The fraction of sp³-hybridized carbons (Fsp3) is 0.667. The number of hydrogen-bond acceptors (Lipinski definition) is 5. The van der Waals surface area contributed by atoms with Gasteiger partial charge in [-0.15, -0.1) is 0 Å². The normalized spacial score (nSPS) is 19.7. The third kappa shape index (κ3) is 2.85. The molecule has 0 radical (unpaired) electrons. The van der Waals surface area contributed by atoms with Crippen molar-refractivity contribution in [1.29, 1.82) is 0 Å². The second-order valence-corrected chi connectivity index (χ2v) is 4.90. The van der Waals surface area contributed by atoms with Crippen LogP contribution in [0.1, 0.15) is 19.3 Å².